The van der Waals surface area contributed by atoms with Crippen LogP contribution in [0.1, 0.15) is 6.42 Å². The maximum Gasteiger partial charge on any atom is 0.314 e. The van der Waals surface area contributed by atoms with Gasteiger partial charge in [-0.15, -0.1) is 0 Å². The van der Waals surface area contributed by atoms with E-state index in [2.05, 4.69) is 4.18 Å². The number of hydrogen-bond donors (Lipinski definition) is 0. The summed E-state index contributed by atoms with van der Waals surface area (Å²) in [5.74, 6) is -0.150. The second kappa shape index (κ2) is 2.45. The van der Waals surface area contributed by atoms with Crippen molar-refractivity contribution in [1.82, 2.24) is 0 Å². The van der Waals surface area contributed by atoms with Crippen LogP contribution < -0.4 is 0 Å². The van der Waals surface area contributed by atoms with E-state index in [4.69, 9.17) is 4.74 Å². The Kier molecular flexibility index (Phi) is 1.69. The van der Waals surface area contributed by atoms with Crippen molar-refractivity contribution < 1.29 is 22.1 Å². The van der Waals surface area contributed by atoms with Crippen molar-refractivity contribution in [1.29, 1.82) is 0 Å². The lowest BCUT2D eigenvalue weighted by atomic mass is 10.1. The Morgan fingerprint density at radius 2 is 2.38 bits per heavy atom. The third kappa shape index (κ3) is 1.44. The lowest BCUT2D eigenvalue weighted by molar-refractivity contribution is -0.145. The summed E-state index contributed by atoms with van der Waals surface area (Å²) in [5, 5.41) is 0. The highest BCUT2D eigenvalue weighted by atomic mass is 32.2. The highest BCUT2D eigenvalue weighted by molar-refractivity contribution is 7.85. The zero-order valence-corrected chi connectivity index (χ0v) is 7.96. The third-order valence-electron chi connectivity index (χ3n) is 2.58. The first-order chi connectivity index (χ1) is 5.94. The SMILES string of the molecule is CS(=O)(=O)OCC12CC1COC2=O. The minimum atomic E-state index is -3.45. The van der Waals surface area contributed by atoms with Crippen molar-refractivity contribution in [2.24, 2.45) is 11.3 Å². The van der Waals surface area contributed by atoms with Gasteiger partial charge in [-0.1, -0.05) is 0 Å². The highest BCUT2D eigenvalue weighted by Crippen LogP contribution is 2.57. The Hall–Kier alpha value is -0.620. The number of cyclic esters (lactones) is 1. The van der Waals surface area contributed by atoms with Crippen molar-refractivity contribution in [3.05, 3.63) is 0 Å². The third-order valence-corrected chi connectivity index (χ3v) is 3.13. The van der Waals surface area contributed by atoms with Gasteiger partial charge in [0.2, 0.25) is 0 Å². The van der Waals surface area contributed by atoms with E-state index in [-0.39, 0.29) is 18.5 Å². The lowest BCUT2D eigenvalue weighted by Gasteiger charge is -2.07. The number of esters is 1. The molecule has 2 aliphatic rings. The van der Waals surface area contributed by atoms with Crippen LogP contribution in [0.2, 0.25) is 0 Å². The summed E-state index contributed by atoms with van der Waals surface area (Å²) in [6.45, 7) is 0.349. The summed E-state index contributed by atoms with van der Waals surface area (Å²) in [6, 6.07) is 0. The molecule has 1 saturated carbocycles. The van der Waals surface area contributed by atoms with Crippen molar-refractivity contribution in [3.8, 4) is 0 Å². The predicted octanol–water partition coefficient (Wildman–Crippen LogP) is -0.474. The molecule has 2 unspecified atom stereocenters. The number of ether oxygens (including phenoxy) is 1. The number of fused-ring (bicyclic) bond motifs is 1. The minimum Gasteiger partial charge on any atom is -0.465 e. The fourth-order valence-corrected chi connectivity index (χ4v) is 2.04. The van der Waals surface area contributed by atoms with Gasteiger partial charge in [0.1, 0.15) is 0 Å². The monoisotopic (exact) mass is 206 g/mol. The summed E-state index contributed by atoms with van der Waals surface area (Å²) in [7, 11) is -3.45. The fraction of sp³-hybridized carbons (Fsp3) is 0.857. The van der Waals surface area contributed by atoms with Gasteiger partial charge in [0.15, 0.2) is 0 Å². The molecule has 74 valence electrons. The van der Waals surface area contributed by atoms with E-state index in [9.17, 15) is 13.2 Å². The molecule has 0 spiro atoms. The Labute approximate surface area is 76.1 Å². The predicted molar refractivity (Wildman–Crippen MR) is 42.3 cm³/mol. The molecule has 2 atom stereocenters. The second-order valence-electron chi connectivity index (χ2n) is 3.62. The van der Waals surface area contributed by atoms with E-state index in [1.165, 1.54) is 0 Å². The molecule has 0 aromatic rings. The molecule has 1 saturated heterocycles. The molecule has 0 radical (unpaired) electrons. The summed E-state index contributed by atoms with van der Waals surface area (Å²) in [4.78, 5) is 11.2. The molecule has 13 heavy (non-hydrogen) atoms. The molecular formula is C7H10O5S. The smallest absolute Gasteiger partial charge is 0.314 e. The zero-order chi connectivity index (χ0) is 9.69. The van der Waals surface area contributed by atoms with Crippen LogP contribution in [0.3, 0.4) is 0 Å². The summed E-state index contributed by atoms with van der Waals surface area (Å²) >= 11 is 0. The maximum absolute atomic E-state index is 11.2. The zero-order valence-electron chi connectivity index (χ0n) is 7.15. The van der Waals surface area contributed by atoms with Crippen LogP contribution >= 0.6 is 0 Å². The molecule has 1 aliphatic carbocycles. The summed E-state index contributed by atoms with van der Waals surface area (Å²) in [5.41, 5.74) is -0.636. The van der Waals surface area contributed by atoms with Crippen LogP contribution in [-0.4, -0.2) is 33.9 Å². The number of carbonyl (C=O) groups is 1. The van der Waals surface area contributed by atoms with Crippen LogP contribution in [0.4, 0.5) is 0 Å². The van der Waals surface area contributed by atoms with E-state index in [0.717, 1.165) is 6.26 Å². The topological polar surface area (TPSA) is 69.7 Å². The molecule has 0 aromatic heterocycles. The van der Waals surface area contributed by atoms with Gasteiger partial charge in [0, 0.05) is 5.92 Å². The first-order valence-corrected chi connectivity index (χ1v) is 5.77. The van der Waals surface area contributed by atoms with Crippen molar-refractivity contribution in [2.45, 2.75) is 6.42 Å². The van der Waals surface area contributed by atoms with Crippen LogP contribution in [0.15, 0.2) is 0 Å². The maximum atomic E-state index is 11.2. The highest BCUT2D eigenvalue weighted by Gasteiger charge is 2.66. The summed E-state index contributed by atoms with van der Waals surface area (Å²) in [6.07, 6.45) is 1.67. The van der Waals surface area contributed by atoms with Gasteiger partial charge in [-0.05, 0) is 6.42 Å². The van der Waals surface area contributed by atoms with Gasteiger partial charge < -0.3 is 4.74 Å². The van der Waals surface area contributed by atoms with Gasteiger partial charge in [-0.3, -0.25) is 8.98 Å². The number of hydrogen-bond acceptors (Lipinski definition) is 5. The molecule has 0 N–H and O–H groups in total. The second-order valence-corrected chi connectivity index (χ2v) is 5.27. The molecule has 1 aliphatic heterocycles. The molecule has 2 fully saturated rings. The molecule has 0 aromatic carbocycles. The molecule has 2 rings (SSSR count). The molecular weight excluding hydrogens is 196 g/mol. The van der Waals surface area contributed by atoms with Gasteiger partial charge in [0.25, 0.3) is 10.1 Å². The number of carbonyl (C=O) groups excluding carboxylic acids is 1. The van der Waals surface area contributed by atoms with Crippen LogP contribution in [0, 0.1) is 11.3 Å². The summed E-state index contributed by atoms with van der Waals surface area (Å²) < 4.78 is 30.7. The standard InChI is InChI=1S/C7H10O5S/c1-13(9,10)12-4-7-2-5(7)3-11-6(7)8/h5H,2-4H2,1H3. The Morgan fingerprint density at radius 1 is 1.69 bits per heavy atom. The lowest BCUT2D eigenvalue weighted by Crippen LogP contribution is -2.22. The van der Waals surface area contributed by atoms with Crippen molar-refractivity contribution >= 4 is 16.1 Å². The van der Waals surface area contributed by atoms with Crippen molar-refractivity contribution in [3.63, 3.8) is 0 Å². The van der Waals surface area contributed by atoms with Crippen LogP contribution in [0.5, 0.6) is 0 Å². The largest absolute Gasteiger partial charge is 0.465 e. The van der Waals surface area contributed by atoms with E-state index in [1.54, 1.807) is 0 Å². The van der Waals surface area contributed by atoms with E-state index in [1.807, 2.05) is 0 Å². The molecule has 0 amide bonds. The number of rotatable bonds is 3. The first kappa shape index (κ1) is 8.96. The van der Waals surface area contributed by atoms with E-state index < -0.39 is 15.5 Å². The van der Waals surface area contributed by atoms with Gasteiger partial charge >= 0.3 is 5.97 Å². The normalized spacial score (nSPS) is 37.0. The molecule has 6 heteroatoms. The quantitative estimate of drug-likeness (QED) is 0.461. The Bertz CT molecular complexity index is 346. The first-order valence-electron chi connectivity index (χ1n) is 3.96. The van der Waals surface area contributed by atoms with E-state index >= 15 is 0 Å². The van der Waals surface area contributed by atoms with Crippen LogP contribution in [0.25, 0.3) is 0 Å². The van der Waals surface area contributed by atoms with Gasteiger partial charge in [-0.2, -0.15) is 8.42 Å². The average molecular weight is 206 g/mol. The minimum absolute atomic E-state index is 0.0602. The van der Waals surface area contributed by atoms with Crippen LogP contribution in [-0.2, 0) is 23.8 Å². The Morgan fingerprint density at radius 3 is 2.77 bits per heavy atom. The van der Waals surface area contributed by atoms with Gasteiger partial charge in [0.05, 0.1) is 24.9 Å². The molecule has 1 heterocycles. The van der Waals surface area contributed by atoms with Crippen molar-refractivity contribution in [2.75, 3.05) is 19.5 Å². The molecule has 0 bridgehead atoms. The average Bonchev–Trinajstić information content (AvgIpc) is 2.64. The van der Waals surface area contributed by atoms with Gasteiger partial charge in [-0.25, -0.2) is 0 Å². The Balaban J connectivity index is 2.00. The fourth-order valence-electron chi connectivity index (χ4n) is 1.62. The molecule has 5 nitrogen and oxygen atoms in total. The van der Waals surface area contributed by atoms with E-state index in [0.29, 0.717) is 13.0 Å².